The van der Waals surface area contributed by atoms with E-state index in [-0.39, 0.29) is 94.6 Å². The van der Waals surface area contributed by atoms with Crippen LogP contribution < -0.4 is 42.8 Å². The van der Waals surface area contributed by atoms with Crippen molar-refractivity contribution in [3.05, 3.63) is 109 Å². The van der Waals surface area contributed by atoms with Crippen molar-refractivity contribution >= 4 is 58.2 Å². The molecule has 2 aromatic carbocycles. The molecular formula is C62H80N12O16. The van der Waals surface area contributed by atoms with Crippen LogP contribution in [0, 0.1) is 19.3 Å². The largest absolute Gasteiger partial charge is 0.458 e. The highest BCUT2D eigenvalue weighted by molar-refractivity contribution is 5.95. The highest BCUT2D eigenvalue weighted by atomic mass is 16.6. The number of aryl methyl sites for hydroxylation is 2. The smallest absolute Gasteiger partial charge is 0.343 e. The van der Waals surface area contributed by atoms with Crippen molar-refractivity contribution < 1.29 is 71.9 Å². The maximum absolute atomic E-state index is 14.1. The second-order valence-electron chi connectivity index (χ2n) is 23.4. The van der Waals surface area contributed by atoms with Crippen LogP contribution in [0.15, 0.2) is 53.5 Å². The van der Waals surface area contributed by atoms with Gasteiger partial charge in [-0.2, -0.15) is 0 Å². The minimum atomic E-state index is -2.00. The second-order valence-corrected chi connectivity index (χ2v) is 23.4. The lowest BCUT2D eigenvalue weighted by molar-refractivity contribution is -0.172. The number of hydrogen-bond donors (Lipinski definition) is 8. The number of nitrogens with one attached hydrogen (secondary N) is 7. The molecule has 1 aliphatic carbocycles. The lowest BCUT2D eigenvalue weighted by Crippen LogP contribution is -2.52. The third-order valence-corrected chi connectivity index (χ3v) is 15.4. The summed E-state index contributed by atoms with van der Waals surface area (Å²) in [6.45, 7) is 12.1. The van der Waals surface area contributed by atoms with Crippen LogP contribution in [-0.4, -0.2) is 169 Å². The number of ether oxygens (including phenoxy) is 6. The number of carbonyl (C=O) groups is 8. The van der Waals surface area contributed by atoms with Crippen LogP contribution in [0.1, 0.15) is 103 Å². The van der Waals surface area contributed by atoms with Crippen LogP contribution in [0.4, 0.5) is 0 Å². The molecule has 2 aliphatic heterocycles. The van der Waals surface area contributed by atoms with Crippen LogP contribution in [0.2, 0.25) is 0 Å². The molecule has 28 nitrogen and oxygen atoms in total. The number of carbonyl (C=O) groups excluding carboxylic acids is 8. The average Bonchev–Trinajstić information content (AvgIpc) is 1.46. The minimum absolute atomic E-state index is 0.00300. The Hall–Kier alpha value is -8.54. The highest BCUT2D eigenvalue weighted by Gasteiger charge is 2.46. The van der Waals surface area contributed by atoms with E-state index >= 15 is 0 Å². The van der Waals surface area contributed by atoms with E-state index in [0.717, 1.165) is 33.2 Å². The van der Waals surface area contributed by atoms with E-state index in [4.69, 9.17) is 33.4 Å². The fourth-order valence-corrected chi connectivity index (χ4v) is 10.6. The Morgan fingerprint density at radius 2 is 1.46 bits per heavy atom. The van der Waals surface area contributed by atoms with Gasteiger partial charge in [0.1, 0.15) is 38.2 Å². The molecule has 3 aromatic heterocycles. The van der Waals surface area contributed by atoms with Gasteiger partial charge in [0.2, 0.25) is 41.4 Å². The molecule has 0 saturated carbocycles. The molecule has 3 atom stereocenters. The Morgan fingerprint density at radius 1 is 0.778 bits per heavy atom. The molecule has 7 amide bonds. The van der Waals surface area contributed by atoms with E-state index in [2.05, 4.69) is 47.5 Å². The van der Waals surface area contributed by atoms with E-state index in [0.29, 0.717) is 74.0 Å². The molecule has 0 unspecified atom stereocenters. The molecule has 90 heavy (non-hydrogen) atoms. The predicted octanol–water partition coefficient (Wildman–Crippen LogP) is 0.377. The third-order valence-electron chi connectivity index (χ3n) is 15.4. The predicted molar refractivity (Wildman–Crippen MR) is 322 cm³/mol. The highest BCUT2D eigenvalue weighted by Crippen LogP contribution is 2.46. The van der Waals surface area contributed by atoms with Crippen LogP contribution in [-0.2, 0) is 112 Å². The fourth-order valence-electron chi connectivity index (χ4n) is 10.6. The van der Waals surface area contributed by atoms with Crippen molar-refractivity contribution in [3.63, 3.8) is 0 Å². The summed E-state index contributed by atoms with van der Waals surface area (Å²) in [5.41, 5.74) is 5.70. The van der Waals surface area contributed by atoms with Crippen molar-refractivity contribution in [3.8, 4) is 11.4 Å². The number of hydrogen-bond acceptors (Lipinski definition) is 19. The molecule has 0 spiro atoms. The molecule has 3 aliphatic rings. The standard InChI is InChI=1S/C62H80N12O16/c1-7-62(84)44-25-48-57-42(30-74(48)59(82)43(44)33-90-60(62)83)56-45(14-13-41-38(3)37(2)23-46(70-57)55(41)56)68-54(80)34-89-36-67-51(77)27-65-58(81)47(24-39-11-9-8-10-12-39)69-52(78)28-64-50(76)26-63-49(75)15-16-85-17-18-86-19-20-87-21-22-88-32-40-29-73(72-71-40)31-53(79)66-35-61(4,5)6/h8-12,23,25,29,45,47,84H,7,13-22,24,26-28,30-36H2,1-6H3,(H,63,75)(H,64,76)(H,65,81)(H,66,79)(H,67,77)(H,68,80)(H,69,78)/t45-,47-,62-/m0/s1. The van der Waals surface area contributed by atoms with Crippen molar-refractivity contribution in [2.45, 2.75) is 118 Å². The van der Waals surface area contributed by atoms with Crippen LogP contribution in [0.5, 0.6) is 0 Å². The lowest BCUT2D eigenvalue weighted by atomic mass is 9.80. The zero-order valence-electron chi connectivity index (χ0n) is 51.6. The summed E-state index contributed by atoms with van der Waals surface area (Å²) in [6, 6.07) is 10.8. The Balaban J connectivity index is 0.695. The topological polar surface area (TPSA) is 362 Å². The molecule has 0 bridgehead atoms. The van der Waals surface area contributed by atoms with E-state index in [1.165, 1.54) is 4.68 Å². The van der Waals surface area contributed by atoms with Crippen LogP contribution in [0.25, 0.3) is 22.3 Å². The number of esters is 1. The Morgan fingerprint density at radius 3 is 2.18 bits per heavy atom. The number of aromatic nitrogens is 5. The number of benzene rings is 2. The molecule has 5 heterocycles. The Labute approximate surface area is 519 Å². The maximum atomic E-state index is 14.1. The first-order chi connectivity index (χ1) is 43.1. The molecule has 8 N–H and O–H groups in total. The van der Waals surface area contributed by atoms with E-state index in [1.807, 2.05) is 40.7 Å². The van der Waals surface area contributed by atoms with Crippen LogP contribution in [0.3, 0.4) is 0 Å². The number of amides is 7. The average molecular weight is 1250 g/mol. The lowest BCUT2D eigenvalue weighted by Gasteiger charge is -2.31. The van der Waals surface area contributed by atoms with Crippen LogP contribution >= 0.6 is 0 Å². The van der Waals surface area contributed by atoms with Gasteiger partial charge in [0.15, 0.2) is 5.60 Å². The van der Waals surface area contributed by atoms with E-state index in [9.17, 15) is 48.3 Å². The van der Waals surface area contributed by atoms with Gasteiger partial charge in [-0.3, -0.25) is 38.4 Å². The first-order valence-electron chi connectivity index (χ1n) is 30.0. The number of pyridine rings is 2. The van der Waals surface area contributed by atoms with Gasteiger partial charge in [0, 0.05) is 35.9 Å². The minimum Gasteiger partial charge on any atom is -0.458 e. The number of cyclic esters (lactones) is 1. The summed E-state index contributed by atoms with van der Waals surface area (Å²) in [5.74, 6) is -4.61. The van der Waals surface area contributed by atoms with Crippen molar-refractivity contribution in [1.82, 2.24) is 61.8 Å². The van der Waals surface area contributed by atoms with E-state index in [1.54, 1.807) is 54.1 Å². The van der Waals surface area contributed by atoms with Crippen molar-refractivity contribution in [1.29, 1.82) is 0 Å². The summed E-state index contributed by atoms with van der Waals surface area (Å²) in [4.78, 5) is 122. The molecule has 5 aromatic rings. The Bertz CT molecular complexity index is 3510. The first-order valence-corrected chi connectivity index (χ1v) is 30.0. The van der Waals surface area contributed by atoms with Gasteiger partial charge in [-0.05, 0) is 78.5 Å². The molecule has 28 heteroatoms. The zero-order valence-corrected chi connectivity index (χ0v) is 51.6. The fraction of sp³-hybridized carbons (Fsp3) is 0.516. The number of nitrogens with zero attached hydrogens (tertiary/aromatic N) is 5. The number of fused-ring (bicyclic) bond motifs is 5. The van der Waals surface area contributed by atoms with Gasteiger partial charge in [-0.15, -0.1) is 5.10 Å². The summed E-state index contributed by atoms with van der Waals surface area (Å²) in [7, 11) is 0. The van der Waals surface area contributed by atoms with Crippen molar-refractivity contribution in [2.75, 3.05) is 85.8 Å². The van der Waals surface area contributed by atoms with E-state index < -0.39 is 90.9 Å². The Kier molecular flexibility index (Phi) is 23.4. The second kappa shape index (κ2) is 31.3. The first kappa shape index (κ1) is 67.4. The van der Waals surface area contributed by atoms with Gasteiger partial charge < -0.3 is 75.3 Å². The molecule has 0 saturated heterocycles. The monoisotopic (exact) mass is 1250 g/mol. The summed E-state index contributed by atoms with van der Waals surface area (Å²) >= 11 is 0. The molecule has 8 rings (SSSR count). The zero-order chi connectivity index (χ0) is 64.5. The normalized spacial score (nSPS) is 15.8. The van der Waals surface area contributed by atoms with Gasteiger partial charge in [-0.1, -0.05) is 63.2 Å². The third kappa shape index (κ3) is 17.9. The van der Waals surface area contributed by atoms with Gasteiger partial charge >= 0.3 is 5.97 Å². The summed E-state index contributed by atoms with van der Waals surface area (Å²) in [6.07, 6.45) is 2.84. The number of aliphatic hydroxyl groups is 1. The van der Waals surface area contributed by atoms with Gasteiger partial charge in [-0.25, -0.2) is 14.5 Å². The van der Waals surface area contributed by atoms with Crippen molar-refractivity contribution in [2.24, 2.45) is 5.41 Å². The molecule has 0 fully saturated rings. The number of rotatable bonds is 33. The maximum Gasteiger partial charge on any atom is 0.343 e. The van der Waals surface area contributed by atoms with Gasteiger partial charge in [0.05, 0.1) is 114 Å². The van der Waals surface area contributed by atoms with Gasteiger partial charge in [0.25, 0.3) is 5.56 Å². The quantitative estimate of drug-likeness (QED) is 0.0157. The SMILES string of the molecule is CC[C@@]1(O)C(=O)OCc2c1cc1n(c2=O)Cc2c-1nc1cc(C)c(C)c3c1c2[C@@H](NC(=O)COCNC(=O)CNC(=O)[C@H](Cc1ccccc1)NC(=O)CNC(=O)CNC(=O)CCOCCOCCOCCOCc1cn(CC(=O)NCC(C)(C)C)nn1)CC3. The summed E-state index contributed by atoms with van der Waals surface area (Å²) in [5, 5.41) is 38.7. The summed E-state index contributed by atoms with van der Waals surface area (Å²) < 4.78 is 35.8. The molecule has 0 radical (unpaired) electrons. The molecule has 484 valence electrons. The molecular weight excluding hydrogens is 1170 g/mol.